The molecule has 0 saturated carbocycles. The zero-order valence-electron chi connectivity index (χ0n) is 13.2. The third-order valence-corrected chi connectivity index (χ3v) is 4.16. The molecular weight excluding hydrogens is 352 g/mol. The number of aliphatic hydroxyl groups is 1. The highest BCUT2D eigenvalue weighted by Gasteiger charge is 2.28. The number of carboxylic acid groups (broad SMARTS) is 1. The molecule has 0 bridgehead atoms. The monoisotopic (exact) mass is 369 g/mol. The van der Waals surface area contributed by atoms with Crippen LogP contribution in [0.25, 0.3) is 0 Å². The van der Waals surface area contributed by atoms with Gasteiger partial charge in [-0.25, -0.2) is 13.6 Å². The van der Waals surface area contributed by atoms with Crippen molar-refractivity contribution in [3.63, 3.8) is 0 Å². The smallest absolute Gasteiger partial charge is 0.404 e. The van der Waals surface area contributed by atoms with Gasteiger partial charge in [0.05, 0.1) is 17.5 Å². The van der Waals surface area contributed by atoms with E-state index in [1.54, 1.807) is 0 Å². The summed E-state index contributed by atoms with van der Waals surface area (Å²) in [4.78, 5) is 11.0. The van der Waals surface area contributed by atoms with Gasteiger partial charge in [0.25, 0.3) is 0 Å². The third kappa shape index (κ3) is 5.99. The molecule has 2 rings (SSSR count). The van der Waals surface area contributed by atoms with E-state index in [1.807, 2.05) is 30.3 Å². The quantitative estimate of drug-likeness (QED) is 0.655. The Labute approximate surface area is 149 Å². The average Bonchev–Trinajstić information content (AvgIpc) is 2.53. The van der Waals surface area contributed by atoms with Gasteiger partial charge in [-0.15, -0.1) is 11.6 Å². The fourth-order valence-corrected chi connectivity index (χ4v) is 2.96. The van der Waals surface area contributed by atoms with Gasteiger partial charge in [-0.05, 0) is 36.1 Å². The summed E-state index contributed by atoms with van der Waals surface area (Å²) in [5, 5.41) is 20.8. The van der Waals surface area contributed by atoms with Gasteiger partial charge in [-0.3, -0.25) is 0 Å². The number of carbonyl (C=O) groups is 1. The highest BCUT2D eigenvalue weighted by molar-refractivity contribution is 6.21. The second kappa shape index (κ2) is 8.78. The van der Waals surface area contributed by atoms with Crippen molar-refractivity contribution in [1.29, 1.82) is 0 Å². The SMILES string of the molecule is O=C(O)N[C@@H](Cc1cc(F)cc(F)c1)[C@H](O)C(Cl)Cc1ccccc1. The zero-order valence-corrected chi connectivity index (χ0v) is 14.0. The lowest BCUT2D eigenvalue weighted by Crippen LogP contribution is -2.48. The number of nitrogens with one attached hydrogen (secondary N) is 1. The summed E-state index contributed by atoms with van der Waals surface area (Å²) >= 11 is 6.24. The first kappa shape index (κ1) is 19.1. The molecular formula is C18H18ClF2NO3. The highest BCUT2D eigenvalue weighted by Crippen LogP contribution is 2.18. The molecule has 2 aromatic carbocycles. The van der Waals surface area contributed by atoms with Gasteiger partial charge in [0.2, 0.25) is 0 Å². The number of amides is 1. The maximum atomic E-state index is 13.3. The van der Waals surface area contributed by atoms with Gasteiger partial charge in [0.1, 0.15) is 11.6 Å². The molecule has 0 radical (unpaired) electrons. The Hall–Kier alpha value is -2.18. The van der Waals surface area contributed by atoms with Crippen LogP contribution in [0.15, 0.2) is 48.5 Å². The van der Waals surface area contributed by atoms with Crippen LogP contribution in [-0.2, 0) is 12.8 Å². The fourth-order valence-electron chi connectivity index (χ4n) is 2.61. The maximum absolute atomic E-state index is 13.3. The van der Waals surface area contributed by atoms with E-state index < -0.39 is 35.3 Å². The second-order valence-corrected chi connectivity index (χ2v) is 6.29. The van der Waals surface area contributed by atoms with Crippen molar-refractivity contribution in [2.24, 2.45) is 0 Å². The van der Waals surface area contributed by atoms with Crippen molar-refractivity contribution >= 4 is 17.7 Å². The molecule has 3 N–H and O–H groups in total. The van der Waals surface area contributed by atoms with Gasteiger partial charge >= 0.3 is 6.09 Å². The molecule has 0 fully saturated rings. The van der Waals surface area contributed by atoms with Crippen molar-refractivity contribution in [1.82, 2.24) is 5.32 Å². The Morgan fingerprint density at radius 1 is 1.04 bits per heavy atom. The van der Waals surface area contributed by atoms with Gasteiger partial charge < -0.3 is 15.5 Å². The summed E-state index contributed by atoms with van der Waals surface area (Å²) in [6.07, 6.45) is -2.38. The number of halogens is 3. The van der Waals surface area contributed by atoms with Crippen LogP contribution in [0.2, 0.25) is 0 Å². The van der Waals surface area contributed by atoms with E-state index >= 15 is 0 Å². The Kier molecular flexibility index (Phi) is 6.73. The number of benzene rings is 2. The van der Waals surface area contributed by atoms with Gasteiger partial charge in [-0.1, -0.05) is 30.3 Å². The first-order valence-electron chi connectivity index (χ1n) is 7.65. The van der Waals surface area contributed by atoms with Crippen LogP contribution in [0.5, 0.6) is 0 Å². The van der Waals surface area contributed by atoms with Crippen LogP contribution in [0.3, 0.4) is 0 Å². The second-order valence-electron chi connectivity index (χ2n) is 5.73. The van der Waals surface area contributed by atoms with Crippen LogP contribution in [0.1, 0.15) is 11.1 Å². The van der Waals surface area contributed by atoms with Crippen LogP contribution in [0.4, 0.5) is 13.6 Å². The first-order valence-corrected chi connectivity index (χ1v) is 8.09. The number of hydrogen-bond donors (Lipinski definition) is 3. The predicted octanol–water partition coefficient (Wildman–Crippen LogP) is 3.35. The lowest BCUT2D eigenvalue weighted by Gasteiger charge is -2.26. The summed E-state index contributed by atoms with van der Waals surface area (Å²) in [7, 11) is 0. The summed E-state index contributed by atoms with van der Waals surface area (Å²) in [6, 6.07) is 11.1. The number of aliphatic hydroxyl groups excluding tert-OH is 1. The molecule has 0 aliphatic rings. The molecule has 134 valence electrons. The Balaban J connectivity index is 2.13. The molecule has 2 aromatic rings. The topological polar surface area (TPSA) is 69.6 Å². The summed E-state index contributed by atoms with van der Waals surface area (Å²) < 4.78 is 26.6. The van der Waals surface area contributed by atoms with Gasteiger partial charge in [0, 0.05) is 6.07 Å². The fraction of sp³-hybridized carbons (Fsp3) is 0.278. The molecule has 1 amide bonds. The minimum Gasteiger partial charge on any atom is -0.465 e. The van der Waals surface area contributed by atoms with E-state index in [9.17, 15) is 18.7 Å². The van der Waals surface area contributed by atoms with E-state index in [1.165, 1.54) is 0 Å². The molecule has 0 aliphatic carbocycles. The molecule has 1 unspecified atom stereocenters. The zero-order chi connectivity index (χ0) is 18.4. The molecule has 25 heavy (non-hydrogen) atoms. The molecule has 0 spiro atoms. The minimum absolute atomic E-state index is 0.0971. The standard InChI is InChI=1S/C18H18ClF2NO3/c19-15(8-11-4-2-1-3-5-11)17(23)16(22-18(24)25)9-12-6-13(20)10-14(21)7-12/h1-7,10,15-17,22-23H,8-9H2,(H,24,25)/t15?,16-,17+/m0/s1. The normalized spacial score (nSPS) is 14.6. The Morgan fingerprint density at radius 3 is 2.20 bits per heavy atom. The van der Waals surface area contributed by atoms with Crippen LogP contribution >= 0.6 is 11.6 Å². The van der Waals surface area contributed by atoms with Gasteiger partial charge in [0.15, 0.2) is 0 Å². The number of rotatable bonds is 7. The maximum Gasteiger partial charge on any atom is 0.404 e. The van der Waals surface area contributed by atoms with Crippen LogP contribution < -0.4 is 5.32 Å². The highest BCUT2D eigenvalue weighted by atomic mass is 35.5. The van der Waals surface area contributed by atoms with Crippen molar-refractivity contribution < 1.29 is 23.8 Å². The molecule has 0 aromatic heterocycles. The Morgan fingerprint density at radius 2 is 1.64 bits per heavy atom. The summed E-state index contributed by atoms with van der Waals surface area (Å²) in [6.45, 7) is 0. The van der Waals surface area contributed by atoms with Crippen molar-refractivity contribution in [2.45, 2.75) is 30.4 Å². The average molecular weight is 370 g/mol. The van der Waals surface area contributed by atoms with E-state index in [-0.39, 0.29) is 12.0 Å². The third-order valence-electron chi connectivity index (χ3n) is 3.74. The Bertz CT molecular complexity index is 694. The summed E-state index contributed by atoms with van der Waals surface area (Å²) in [5.74, 6) is -1.55. The van der Waals surface area contributed by atoms with Crippen LogP contribution in [-0.4, -0.2) is 33.8 Å². The predicted molar refractivity (Wildman–Crippen MR) is 90.8 cm³/mol. The van der Waals surface area contributed by atoms with E-state index in [2.05, 4.69) is 5.32 Å². The van der Waals surface area contributed by atoms with E-state index in [4.69, 9.17) is 16.7 Å². The van der Waals surface area contributed by atoms with Crippen molar-refractivity contribution in [2.75, 3.05) is 0 Å². The lowest BCUT2D eigenvalue weighted by molar-refractivity contribution is 0.115. The van der Waals surface area contributed by atoms with Gasteiger partial charge in [-0.2, -0.15) is 0 Å². The molecule has 0 aliphatic heterocycles. The lowest BCUT2D eigenvalue weighted by atomic mass is 9.96. The largest absolute Gasteiger partial charge is 0.465 e. The molecule has 4 nitrogen and oxygen atoms in total. The van der Waals surface area contributed by atoms with Crippen molar-refractivity contribution in [3.05, 3.63) is 71.3 Å². The molecule has 0 saturated heterocycles. The first-order chi connectivity index (χ1) is 11.8. The number of alkyl halides is 1. The number of hydrogen-bond acceptors (Lipinski definition) is 2. The van der Waals surface area contributed by atoms with E-state index in [0.29, 0.717) is 6.42 Å². The summed E-state index contributed by atoms with van der Waals surface area (Å²) in [5.41, 5.74) is 1.10. The minimum atomic E-state index is -1.36. The van der Waals surface area contributed by atoms with Crippen LogP contribution in [0, 0.1) is 11.6 Å². The molecule has 7 heteroatoms. The molecule has 3 atom stereocenters. The van der Waals surface area contributed by atoms with Crippen molar-refractivity contribution in [3.8, 4) is 0 Å². The van der Waals surface area contributed by atoms with E-state index in [0.717, 1.165) is 23.8 Å². The molecule has 0 heterocycles.